The maximum atomic E-state index is 3.55. The standard InChI is InChI=1S/C4H3N2.C3H7.Y/c1-2-5-4-6-3-1;1-3-2;/h1-3H;3H,1-2H3;/q2*-1;. The molecule has 0 unspecified atom stereocenters. The molecule has 0 atom stereocenters. The third kappa shape index (κ3) is 11.0. The molecule has 0 aliphatic rings. The second-order valence-electron chi connectivity index (χ2n) is 1.43. The number of hydrogen-bond donors (Lipinski definition) is 0. The zero-order valence-corrected chi connectivity index (χ0v) is 9.12. The van der Waals surface area contributed by atoms with E-state index in [1.54, 1.807) is 18.5 Å². The van der Waals surface area contributed by atoms with E-state index in [-0.39, 0.29) is 32.7 Å². The third-order valence-electron chi connectivity index (χ3n) is 0.437. The molecule has 0 aliphatic carbocycles. The Labute approximate surface area is 87.4 Å². The fourth-order valence-corrected chi connectivity index (χ4v) is 0.225. The van der Waals surface area contributed by atoms with E-state index < -0.39 is 0 Å². The molecule has 0 bridgehead atoms. The van der Waals surface area contributed by atoms with Crippen molar-refractivity contribution in [3.05, 3.63) is 31.2 Å². The molecule has 0 saturated heterocycles. The normalized spacial score (nSPS) is 6.60. The summed E-state index contributed by atoms with van der Waals surface area (Å²) >= 11 is 0. The van der Waals surface area contributed by atoms with Gasteiger partial charge < -0.3 is 16.4 Å². The van der Waals surface area contributed by atoms with Crippen molar-refractivity contribution < 1.29 is 32.7 Å². The number of hydrogen-bond acceptors (Lipinski definition) is 2. The van der Waals surface area contributed by atoms with Gasteiger partial charge in [0, 0.05) is 39.0 Å². The Morgan fingerprint density at radius 2 is 1.60 bits per heavy atom. The van der Waals surface area contributed by atoms with E-state index in [1.807, 2.05) is 20.3 Å². The minimum Gasteiger partial charge on any atom is -0.374 e. The maximum absolute atomic E-state index is 3.55. The van der Waals surface area contributed by atoms with Gasteiger partial charge in [-0.25, -0.2) is 0 Å². The Hall–Kier alpha value is 0.184. The van der Waals surface area contributed by atoms with Gasteiger partial charge in [-0.15, -0.1) is 6.07 Å². The van der Waals surface area contributed by atoms with Crippen LogP contribution in [0.3, 0.4) is 0 Å². The van der Waals surface area contributed by atoms with E-state index in [0.29, 0.717) is 0 Å². The zero-order valence-electron chi connectivity index (χ0n) is 6.28. The summed E-state index contributed by atoms with van der Waals surface area (Å²) in [5.41, 5.74) is 0. The van der Waals surface area contributed by atoms with Crippen molar-refractivity contribution in [2.24, 2.45) is 0 Å². The number of aromatic nitrogens is 2. The van der Waals surface area contributed by atoms with Gasteiger partial charge in [0.05, 0.1) is 0 Å². The van der Waals surface area contributed by atoms with Crippen molar-refractivity contribution in [3.8, 4) is 0 Å². The van der Waals surface area contributed by atoms with Crippen molar-refractivity contribution in [1.29, 1.82) is 0 Å². The summed E-state index contributed by atoms with van der Waals surface area (Å²) in [4.78, 5) is 7.10. The first-order chi connectivity index (χ1) is 4.41. The Balaban J connectivity index is 0. The van der Waals surface area contributed by atoms with Gasteiger partial charge in [0.2, 0.25) is 0 Å². The monoisotopic (exact) mass is 211 g/mol. The van der Waals surface area contributed by atoms with Crippen molar-refractivity contribution in [2.45, 2.75) is 13.8 Å². The molecule has 0 fully saturated rings. The molecule has 1 heterocycles. The second-order valence-corrected chi connectivity index (χ2v) is 1.43. The average Bonchev–Trinajstić information content (AvgIpc) is 1.93. The van der Waals surface area contributed by atoms with Crippen LogP contribution in [0.25, 0.3) is 0 Å². The van der Waals surface area contributed by atoms with Crippen molar-refractivity contribution in [2.75, 3.05) is 0 Å². The maximum Gasteiger partial charge on any atom is 0.0213 e. The first-order valence-corrected chi connectivity index (χ1v) is 2.78. The number of rotatable bonds is 0. The quantitative estimate of drug-likeness (QED) is 0.608. The summed E-state index contributed by atoms with van der Waals surface area (Å²) in [6.07, 6.45) is 7.66. The molecule has 1 radical (unpaired) electrons. The first-order valence-electron chi connectivity index (χ1n) is 2.78. The first kappa shape index (κ1) is 12.8. The van der Waals surface area contributed by atoms with E-state index in [2.05, 4.69) is 16.3 Å². The van der Waals surface area contributed by atoms with E-state index >= 15 is 0 Å². The molecule has 0 N–H and O–H groups in total. The molecule has 0 aromatic carbocycles. The van der Waals surface area contributed by atoms with Crippen LogP contribution in [0.15, 0.2) is 18.5 Å². The molecule has 3 heteroatoms. The summed E-state index contributed by atoms with van der Waals surface area (Å²) in [7, 11) is 0. The van der Waals surface area contributed by atoms with Crippen LogP contribution in [-0.4, -0.2) is 9.97 Å². The third-order valence-corrected chi connectivity index (χ3v) is 0.437. The van der Waals surface area contributed by atoms with Gasteiger partial charge in [0.1, 0.15) is 0 Å². The largest absolute Gasteiger partial charge is 0.374 e. The van der Waals surface area contributed by atoms with Gasteiger partial charge in [-0.1, -0.05) is 12.4 Å². The summed E-state index contributed by atoms with van der Waals surface area (Å²) in [6, 6.07) is 1.75. The topological polar surface area (TPSA) is 25.8 Å². The van der Waals surface area contributed by atoms with Crippen LogP contribution in [0.1, 0.15) is 13.8 Å². The van der Waals surface area contributed by atoms with Gasteiger partial charge in [-0.3, -0.25) is 0 Å². The molecule has 0 saturated carbocycles. The van der Waals surface area contributed by atoms with Gasteiger partial charge in [-0.05, 0) is 0 Å². The zero-order chi connectivity index (χ0) is 6.95. The van der Waals surface area contributed by atoms with Crippen LogP contribution < -0.4 is 0 Å². The molecule has 2 nitrogen and oxygen atoms in total. The molecule has 1 rings (SSSR count). The average molecular weight is 211 g/mol. The van der Waals surface area contributed by atoms with E-state index in [4.69, 9.17) is 0 Å². The smallest absolute Gasteiger partial charge is 0.0213 e. The molecule has 0 aliphatic heterocycles. The molecule has 10 heavy (non-hydrogen) atoms. The molecular weight excluding hydrogens is 201 g/mol. The Bertz CT molecular complexity index is 94.5. The molecule has 53 valence electrons. The van der Waals surface area contributed by atoms with Crippen LogP contribution in [0, 0.1) is 12.7 Å². The molecule has 0 amide bonds. The van der Waals surface area contributed by atoms with E-state index in [1.165, 1.54) is 0 Å². The second kappa shape index (κ2) is 11.9. The van der Waals surface area contributed by atoms with Crippen LogP contribution >= 0.6 is 0 Å². The van der Waals surface area contributed by atoms with Crippen LogP contribution in [0.4, 0.5) is 0 Å². The molecule has 1 aromatic rings. The molecule has 1 aromatic heterocycles. The Morgan fingerprint density at radius 3 is 1.70 bits per heavy atom. The van der Waals surface area contributed by atoms with Crippen LogP contribution in [0.2, 0.25) is 0 Å². The van der Waals surface area contributed by atoms with Crippen LogP contribution in [0.5, 0.6) is 0 Å². The number of nitrogens with zero attached hydrogens (tertiary/aromatic N) is 2. The van der Waals surface area contributed by atoms with Crippen LogP contribution in [-0.2, 0) is 32.7 Å². The SMILES string of the molecule is C[CH-]C.[Y].[c-]1ncccn1. The molecular formula is C7H10N2Y-2. The Kier molecular flexibility index (Phi) is 15.3. The van der Waals surface area contributed by atoms with Gasteiger partial charge in [-0.2, -0.15) is 13.8 Å². The Morgan fingerprint density at radius 1 is 1.20 bits per heavy atom. The van der Waals surface area contributed by atoms with E-state index in [9.17, 15) is 0 Å². The molecule has 0 spiro atoms. The van der Waals surface area contributed by atoms with Gasteiger partial charge in [0.25, 0.3) is 0 Å². The summed E-state index contributed by atoms with van der Waals surface area (Å²) in [6.45, 7) is 4.00. The minimum atomic E-state index is 0. The summed E-state index contributed by atoms with van der Waals surface area (Å²) in [5, 5.41) is 0. The van der Waals surface area contributed by atoms with Gasteiger partial charge >= 0.3 is 0 Å². The fraction of sp³-hybridized carbons (Fsp3) is 0.286. The van der Waals surface area contributed by atoms with Crippen molar-refractivity contribution >= 4 is 0 Å². The minimum absolute atomic E-state index is 0. The van der Waals surface area contributed by atoms with Crippen molar-refractivity contribution in [1.82, 2.24) is 9.97 Å². The predicted octanol–water partition coefficient (Wildman–Crippen LogP) is 1.50. The van der Waals surface area contributed by atoms with Crippen molar-refractivity contribution in [3.63, 3.8) is 0 Å². The fourth-order valence-electron chi connectivity index (χ4n) is 0.225. The predicted molar refractivity (Wildman–Crippen MR) is 36.5 cm³/mol. The summed E-state index contributed by atoms with van der Waals surface area (Å²) < 4.78 is 0. The summed E-state index contributed by atoms with van der Waals surface area (Å²) in [5.74, 6) is 0. The van der Waals surface area contributed by atoms with E-state index in [0.717, 1.165) is 0 Å². The van der Waals surface area contributed by atoms with Gasteiger partial charge in [0.15, 0.2) is 0 Å².